The van der Waals surface area contributed by atoms with Gasteiger partial charge in [0.25, 0.3) is 0 Å². The maximum absolute atomic E-state index is 12.1. The molecule has 1 aromatic carbocycles. The van der Waals surface area contributed by atoms with Crippen molar-refractivity contribution in [3.63, 3.8) is 0 Å². The quantitative estimate of drug-likeness (QED) is 0.730. The lowest BCUT2D eigenvalue weighted by Gasteiger charge is -1.97. The summed E-state index contributed by atoms with van der Waals surface area (Å²) in [4.78, 5) is 15.4. The first-order chi connectivity index (χ1) is 7.77. The maximum atomic E-state index is 12.1. The number of para-hydroxylation sites is 1. The predicted molar refractivity (Wildman–Crippen MR) is 67.9 cm³/mol. The molecule has 3 rings (SSSR count). The van der Waals surface area contributed by atoms with Crippen LogP contribution in [-0.4, -0.2) is 10.8 Å². The molecule has 0 unspecified atom stereocenters. The van der Waals surface area contributed by atoms with Crippen molar-refractivity contribution in [1.29, 1.82) is 0 Å². The molecule has 0 radical (unpaired) electrons. The van der Waals surface area contributed by atoms with E-state index in [4.69, 9.17) is 0 Å². The summed E-state index contributed by atoms with van der Waals surface area (Å²) in [6.07, 6.45) is 3.79. The van der Waals surface area contributed by atoms with Crippen LogP contribution in [0.1, 0.15) is 35.3 Å². The summed E-state index contributed by atoms with van der Waals surface area (Å²) in [7, 11) is 0. The summed E-state index contributed by atoms with van der Waals surface area (Å²) in [5.74, 6) is 0.289. The van der Waals surface area contributed by atoms with Crippen LogP contribution >= 0.6 is 15.9 Å². The van der Waals surface area contributed by atoms with Crippen LogP contribution in [0.15, 0.2) is 22.7 Å². The smallest absolute Gasteiger partial charge is 0.165 e. The highest BCUT2D eigenvalue weighted by molar-refractivity contribution is 9.10. The molecule has 0 bridgehead atoms. The minimum Gasteiger partial charge on any atom is -0.357 e. The second-order valence-electron chi connectivity index (χ2n) is 4.27. The number of Topliss-reactive ketones (excluding diaryl/α,β-unsaturated/α-hetero) is 1. The standard InChI is InChI=1S/C13H12BrNO/c14-9-5-3-4-8-12-10(15-13(8)9)6-1-2-7-11(12)16/h3-5,15H,1-2,6-7H2. The van der Waals surface area contributed by atoms with Gasteiger partial charge in [0, 0.05) is 27.5 Å². The Morgan fingerprint density at radius 2 is 2.00 bits per heavy atom. The Bertz CT molecular complexity index is 571. The molecule has 0 saturated heterocycles. The molecule has 16 heavy (non-hydrogen) atoms. The fraction of sp³-hybridized carbons (Fsp3) is 0.308. The van der Waals surface area contributed by atoms with Gasteiger partial charge >= 0.3 is 0 Å². The Labute approximate surface area is 102 Å². The molecule has 1 heterocycles. The highest BCUT2D eigenvalue weighted by Crippen LogP contribution is 2.31. The van der Waals surface area contributed by atoms with E-state index in [2.05, 4.69) is 20.9 Å². The van der Waals surface area contributed by atoms with Crippen molar-refractivity contribution in [2.75, 3.05) is 0 Å². The third kappa shape index (κ3) is 1.42. The van der Waals surface area contributed by atoms with E-state index in [0.717, 1.165) is 45.9 Å². The zero-order valence-electron chi connectivity index (χ0n) is 8.85. The predicted octanol–water partition coefficient (Wildman–Crippen LogP) is 3.84. The lowest BCUT2D eigenvalue weighted by Crippen LogP contribution is -1.97. The Morgan fingerprint density at radius 3 is 2.88 bits per heavy atom. The van der Waals surface area contributed by atoms with E-state index in [1.165, 1.54) is 0 Å². The van der Waals surface area contributed by atoms with Gasteiger partial charge in [-0.15, -0.1) is 0 Å². The highest BCUT2D eigenvalue weighted by atomic mass is 79.9. The number of nitrogens with one attached hydrogen (secondary N) is 1. The molecular weight excluding hydrogens is 266 g/mol. The van der Waals surface area contributed by atoms with Gasteiger partial charge in [-0.25, -0.2) is 0 Å². The first-order valence-corrected chi connectivity index (χ1v) is 6.39. The van der Waals surface area contributed by atoms with Crippen LogP contribution in [0.5, 0.6) is 0 Å². The van der Waals surface area contributed by atoms with Crippen LogP contribution in [0.25, 0.3) is 10.9 Å². The second-order valence-corrected chi connectivity index (χ2v) is 5.13. The van der Waals surface area contributed by atoms with Crippen molar-refractivity contribution in [3.8, 4) is 0 Å². The van der Waals surface area contributed by atoms with E-state index in [9.17, 15) is 4.79 Å². The number of ketones is 1. The molecule has 3 heteroatoms. The molecule has 82 valence electrons. The second kappa shape index (κ2) is 3.74. The number of halogens is 1. The largest absolute Gasteiger partial charge is 0.357 e. The van der Waals surface area contributed by atoms with Crippen LogP contribution in [0.2, 0.25) is 0 Å². The molecule has 0 atom stereocenters. The number of hydrogen-bond acceptors (Lipinski definition) is 1. The summed E-state index contributed by atoms with van der Waals surface area (Å²) >= 11 is 3.52. The summed E-state index contributed by atoms with van der Waals surface area (Å²) < 4.78 is 1.03. The van der Waals surface area contributed by atoms with Crippen LogP contribution in [0, 0.1) is 0 Å². The van der Waals surface area contributed by atoms with Gasteiger partial charge in [-0.2, -0.15) is 0 Å². The SMILES string of the molecule is O=C1CCCCc2[nH]c3c(Br)cccc3c21. The number of benzene rings is 1. The Hall–Kier alpha value is -1.09. The van der Waals surface area contributed by atoms with Gasteiger partial charge in [0.15, 0.2) is 5.78 Å². The molecule has 0 aliphatic heterocycles. The fourth-order valence-electron chi connectivity index (χ4n) is 2.45. The minimum absolute atomic E-state index is 0.289. The lowest BCUT2D eigenvalue weighted by molar-refractivity contribution is 0.0983. The number of aromatic nitrogens is 1. The van der Waals surface area contributed by atoms with Crippen LogP contribution in [0.3, 0.4) is 0 Å². The summed E-state index contributed by atoms with van der Waals surface area (Å²) in [5.41, 5.74) is 3.10. The molecule has 0 amide bonds. The van der Waals surface area contributed by atoms with Gasteiger partial charge in [0.1, 0.15) is 0 Å². The van der Waals surface area contributed by atoms with E-state index >= 15 is 0 Å². The Morgan fingerprint density at radius 1 is 1.19 bits per heavy atom. The molecule has 0 spiro atoms. The molecule has 1 aromatic heterocycles. The molecule has 1 aliphatic rings. The van der Waals surface area contributed by atoms with Gasteiger partial charge in [-0.3, -0.25) is 4.79 Å². The zero-order chi connectivity index (χ0) is 11.1. The number of rotatable bonds is 0. The van der Waals surface area contributed by atoms with E-state index in [1.807, 2.05) is 18.2 Å². The van der Waals surface area contributed by atoms with Gasteiger partial charge in [0.2, 0.25) is 0 Å². The molecular formula is C13H12BrNO. The lowest BCUT2D eigenvalue weighted by atomic mass is 10.1. The van der Waals surface area contributed by atoms with Crippen LogP contribution in [-0.2, 0) is 6.42 Å². The van der Waals surface area contributed by atoms with E-state index in [-0.39, 0.29) is 5.78 Å². The third-order valence-electron chi connectivity index (χ3n) is 3.22. The number of aryl methyl sites for hydroxylation is 1. The number of carbonyl (C=O) groups is 1. The first-order valence-electron chi connectivity index (χ1n) is 5.59. The summed E-state index contributed by atoms with van der Waals surface area (Å²) in [6.45, 7) is 0. The summed E-state index contributed by atoms with van der Waals surface area (Å²) in [5, 5.41) is 1.07. The number of carbonyl (C=O) groups excluding carboxylic acids is 1. The van der Waals surface area contributed by atoms with Crippen molar-refractivity contribution in [3.05, 3.63) is 33.9 Å². The first kappa shape index (κ1) is 10.1. The molecule has 0 fully saturated rings. The zero-order valence-corrected chi connectivity index (χ0v) is 10.4. The number of fused-ring (bicyclic) bond motifs is 3. The third-order valence-corrected chi connectivity index (χ3v) is 3.88. The molecule has 2 aromatic rings. The number of H-pyrrole nitrogens is 1. The van der Waals surface area contributed by atoms with E-state index in [0.29, 0.717) is 6.42 Å². The van der Waals surface area contributed by atoms with Crippen molar-refractivity contribution in [2.45, 2.75) is 25.7 Å². The topological polar surface area (TPSA) is 32.9 Å². The van der Waals surface area contributed by atoms with Crippen LogP contribution < -0.4 is 0 Å². The molecule has 2 nitrogen and oxygen atoms in total. The minimum atomic E-state index is 0.289. The van der Waals surface area contributed by atoms with Crippen molar-refractivity contribution >= 4 is 32.6 Å². The molecule has 1 aliphatic carbocycles. The average molecular weight is 278 g/mol. The highest BCUT2D eigenvalue weighted by Gasteiger charge is 2.21. The Balaban J connectivity index is 2.35. The average Bonchev–Trinajstić information content (AvgIpc) is 2.55. The van der Waals surface area contributed by atoms with E-state index < -0.39 is 0 Å². The van der Waals surface area contributed by atoms with Crippen molar-refractivity contribution in [2.24, 2.45) is 0 Å². The normalized spacial score (nSPS) is 16.2. The van der Waals surface area contributed by atoms with E-state index in [1.54, 1.807) is 0 Å². The van der Waals surface area contributed by atoms with Gasteiger partial charge < -0.3 is 4.98 Å². The maximum Gasteiger partial charge on any atom is 0.165 e. The molecule has 0 saturated carbocycles. The van der Waals surface area contributed by atoms with Gasteiger partial charge in [-0.05, 0) is 41.3 Å². The van der Waals surface area contributed by atoms with Gasteiger partial charge in [0.05, 0.1) is 5.52 Å². The Kier molecular flexibility index (Phi) is 2.36. The van der Waals surface area contributed by atoms with Crippen molar-refractivity contribution in [1.82, 2.24) is 4.98 Å². The van der Waals surface area contributed by atoms with Crippen molar-refractivity contribution < 1.29 is 4.79 Å². The van der Waals surface area contributed by atoms with Crippen LogP contribution in [0.4, 0.5) is 0 Å². The summed E-state index contributed by atoms with van der Waals surface area (Å²) in [6, 6.07) is 6.01. The monoisotopic (exact) mass is 277 g/mol. The number of hydrogen-bond donors (Lipinski definition) is 1. The fourth-order valence-corrected chi connectivity index (χ4v) is 2.92. The number of aromatic amines is 1. The van der Waals surface area contributed by atoms with Gasteiger partial charge in [-0.1, -0.05) is 12.1 Å². The molecule has 1 N–H and O–H groups in total.